The van der Waals surface area contributed by atoms with Gasteiger partial charge in [-0.05, 0) is 45.3 Å². The van der Waals surface area contributed by atoms with Crippen LogP contribution in [0.4, 0.5) is 0 Å². The second-order valence-corrected chi connectivity index (χ2v) is 5.94. The maximum atomic E-state index is 4.39. The lowest BCUT2D eigenvalue weighted by molar-refractivity contribution is 0.0622. The van der Waals surface area contributed by atoms with Crippen molar-refractivity contribution < 1.29 is 0 Å². The largest absolute Gasteiger partial charge is 0.309 e. The Labute approximate surface area is 123 Å². The van der Waals surface area contributed by atoms with Crippen LogP contribution in [0.25, 0.3) is 0 Å². The van der Waals surface area contributed by atoms with Gasteiger partial charge in [-0.1, -0.05) is 20.8 Å². The van der Waals surface area contributed by atoms with E-state index < -0.39 is 0 Å². The molecule has 1 aliphatic heterocycles. The van der Waals surface area contributed by atoms with Crippen LogP contribution in [-0.2, 0) is 7.05 Å². The molecule has 0 aromatic carbocycles. The van der Waals surface area contributed by atoms with Gasteiger partial charge in [-0.3, -0.25) is 9.58 Å². The van der Waals surface area contributed by atoms with E-state index in [1.165, 1.54) is 44.3 Å². The molecule has 1 saturated heterocycles. The second-order valence-electron chi connectivity index (χ2n) is 5.94. The van der Waals surface area contributed by atoms with Crippen LogP contribution in [0.3, 0.4) is 0 Å². The summed E-state index contributed by atoms with van der Waals surface area (Å²) in [6.07, 6.45) is 9.24. The van der Waals surface area contributed by atoms with Gasteiger partial charge in [0.1, 0.15) is 0 Å². The maximum Gasteiger partial charge on any atom is 0.0538 e. The van der Waals surface area contributed by atoms with Crippen molar-refractivity contribution in [2.45, 2.75) is 58.0 Å². The van der Waals surface area contributed by atoms with E-state index in [1.807, 2.05) is 17.9 Å². The monoisotopic (exact) mass is 278 g/mol. The minimum absolute atomic E-state index is 0.218. The first-order chi connectivity index (χ1) is 9.67. The predicted molar refractivity (Wildman–Crippen MR) is 83.7 cm³/mol. The number of aromatic nitrogens is 2. The SMILES string of the molecule is CCNC(c1cnn(C)c1)C(CC)(CC)N1CCCC1. The van der Waals surface area contributed by atoms with Crippen LogP contribution in [0, 0.1) is 0 Å². The van der Waals surface area contributed by atoms with Crippen molar-refractivity contribution in [3.05, 3.63) is 18.0 Å². The molecule has 1 aliphatic rings. The number of likely N-dealkylation sites (tertiary alicyclic amines) is 1. The van der Waals surface area contributed by atoms with E-state index in [0.29, 0.717) is 6.04 Å². The van der Waals surface area contributed by atoms with Crippen LogP contribution in [0.15, 0.2) is 12.4 Å². The van der Waals surface area contributed by atoms with Gasteiger partial charge in [0.15, 0.2) is 0 Å². The van der Waals surface area contributed by atoms with E-state index in [-0.39, 0.29) is 5.54 Å². The highest BCUT2D eigenvalue weighted by molar-refractivity contribution is 5.18. The molecule has 4 heteroatoms. The van der Waals surface area contributed by atoms with E-state index >= 15 is 0 Å². The summed E-state index contributed by atoms with van der Waals surface area (Å²) in [6.45, 7) is 10.3. The lowest BCUT2D eigenvalue weighted by atomic mass is 9.80. The van der Waals surface area contributed by atoms with E-state index in [0.717, 1.165) is 6.54 Å². The number of aryl methyl sites for hydroxylation is 1. The van der Waals surface area contributed by atoms with E-state index in [9.17, 15) is 0 Å². The topological polar surface area (TPSA) is 33.1 Å². The molecule has 1 unspecified atom stereocenters. The molecular weight excluding hydrogens is 248 g/mol. The van der Waals surface area contributed by atoms with Crippen molar-refractivity contribution in [1.29, 1.82) is 0 Å². The fourth-order valence-corrected chi connectivity index (χ4v) is 3.86. The molecule has 4 nitrogen and oxygen atoms in total. The standard InChI is InChI=1S/C16H30N4/c1-5-16(6-2,20-10-8-9-11-20)15(17-7-3)14-12-18-19(4)13-14/h12-13,15,17H,5-11H2,1-4H3. The molecule has 0 amide bonds. The zero-order valence-corrected chi connectivity index (χ0v) is 13.5. The number of hydrogen-bond donors (Lipinski definition) is 1. The van der Waals surface area contributed by atoms with Gasteiger partial charge in [0.25, 0.3) is 0 Å². The Hall–Kier alpha value is -0.870. The first kappa shape index (κ1) is 15.5. The Morgan fingerprint density at radius 1 is 1.25 bits per heavy atom. The van der Waals surface area contributed by atoms with Crippen LogP contribution in [0.1, 0.15) is 58.1 Å². The van der Waals surface area contributed by atoms with Crippen molar-refractivity contribution in [2.24, 2.45) is 7.05 Å². The maximum absolute atomic E-state index is 4.39. The Bertz CT molecular complexity index is 402. The zero-order valence-electron chi connectivity index (χ0n) is 13.5. The quantitative estimate of drug-likeness (QED) is 0.832. The molecule has 1 aromatic rings. The average molecular weight is 278 g/mol. The summed E-state index contributed by atoms with van der Waals surface area (Å²) in [4.78, 5) is 2.72. The summed E-state index contributed by atoms with van der Waals surface area (Å²) in [5.74, 6) is 0. The summed E-state index contributed by atoms with van der Waals surface area (Å²) in [7, 11) is 2.00. The Balaban J connectivity index is 2.35. The summed E-state index contributed by atoms with van der Waals surface area (Å²) >= 11 is 0. The third-order valence-electron chi connectivity index (χ3n) is 4.96. The fourth-order valence-electron chi connectivity index (χ4n) is 3.86. The highest BCUT2D eigenvalue weighted by Gasteiger charge is 2.42. The van der Waals surface area contributed by atoms with Crippen LogP contribution in [-0.4, -0.2) is 39.9 Å². The van der Waals surface area contributed by atoms with Crippen LogP contribution < -0.4 is 5.32 Å². The lowest BCUT2D eigenvalue weighted by Gasteiger charge is -2.47. The van der Waals surface area contributed by atoms with Crippen molar-refractivity contribution in [3.8, 4) is 0 Å². The van der Waals surface area contributed by atoms with Crippen LogP contribution in [0.2, 0.25) is 0 Å². The summed E-state index contributed by atoms with van der Waals surface area (Å²) < 4.78 is 1.92. The highest BCUT2D eigenvalue weighted by Crippen LogP contribution is 2.39. The third kappa shape index (κ3) is 2.77. The van der Waals surface area contributed by atoms with Gasteiger partial charge in [-0.15, -0.1) is 0 Å². The summed E-state index contributed by atoms with van der Waals surface area (Å²) in [6, 6.07) is 0.370. The molecule has 0 spiro atoms. The van der Waals surface area contributed by atoms with Gasteiger partial charge in [0.2, 0.25) is 0 Å². The Morgan fingerprint density at radius 3 is 2.35 bits per heavy atom. The molecule has 2 heterocycles. The van der Waals surface area contributed by atoms with Crippen molar-refractivity contribution in [1.82, 2.24) is 20.0 Å². The first-order valence-electron chi connectivity index (χ1n) is 8.15. The van der Waals surface area contributed by atoms with E-state index in [1.54, 1.807) is 0 Å². The average Bonchev–Trinajstić information content (AvgIpc) is 3.11. The van der Waals surface area contributed by atoms with E-state index in [2.05, 4.69) is 42.3 Å². The number of hydrogen-bond acceptors (Lipinski definition) is 3. The molecule has 114 valence electrons. The number of nitrogens with zero attached hydrogens (tertiary/aromatic N) is 3. The van der Waals surface area contributed by atoms with Crippen molar-refractivity contribution in [2.75, 3.05) is 19.6 Å². The smallest absolute Gasteiger partial charge is 0.0538 e. The van der Waals surface area contributed by atoms with Crippen molar-refractivity contribution in [3.63, 3.8) is 0 Å². The fraction of sp³-hybridized carbons (Fsp3) is 0.812. The van der Waals surface area contributed by atoms with Gasteiger partial charge in [-0.25, -0.2) is 0 Å². The number of rotatable bonds is 7. The molecule has 0 saturated carbocycles. The molecule has 0 bridgehead atoms. The molecule has 0 aliphatic carbocycles. The molecule has 1 fully saturated rings. The molecule has 1 atom stereocenters. The summed E-state index contributed by atoms with van der Waals surface area (Å²) in [5.41, 5.74) is 1.54. The molecule has 20 heavy (non-hydrogen) atoms. The lowest BCUT2D eigenvalue weighted by Crippen LogP contribution is -2.55. The number of nitrogens with one attached hydrogen (secondary N) is 1. The first-order valence-corrected chi connectivity index (χ1v) is 8.15. The third-order valence-corrected chi connectivity index (χ3v) is 4.96. The molecule has 1 aromatic heterocycles. The second kappa shape index (κ2) is 6.72. The van der Waals surface area contributed by atoms with Gasteiger partial charge in [-0.2, -0.15) is 5.10 Å². The van der Waals surface area contributed by atoms with Crippen LogP contribution in [0.5, 0.6) is 0 Å². The normalized spacial score (nSPS) is 18.6. The Kier molecular flexibility index (Phi) is 5.22. The molecular formula is C16H30N4. The van der Waals surface area contributed by atoms with Crippen LogP contribution >= 0.6 is 0 Å². The van der Waals surface area contributed by atoms with Gasteiger partial charge >= 0.3 is 0 Å². The molecule has 0 radical (unpaired) electrons. The van der Waals surface area contributed by atoms with Crippen molar-refractivity contribution >= 4 is 0 Å². The minimum Gasteiger partial charge on any atom is -0.309 e. The van der Waals surface area contributed by atoms with Gasteiger partial charge in [0, 0.05) is 24.3 Å². The minimum atomic E-state index is 0.218. The van der Waals surface area contributed by atoms with E-state index in [4.69, 9.17) is 0 Å². The number of likely N-dealkylation sites (N-methyl/N-ethyl adjacent to an activating group) is 1. The van der Waals surface area contributed by atoms with Gasteiger partial charge in [0.05, 0.1) is 12.2 Å². The summed E-state index contributed by atoms with van der Waals surface area (Å²) in [5, 5.41) is 8.12. The predicted octanol–water partition coefficient (Wildman–Crippen LogP) is 2.73. The zero-order chi connectivity index (χ0) is 14.6. The Morgan fingerprint density at radius 2 is 1.90 bits per heavy atom. The molecule has 1 N–H and O–H groups in total. The van der Waals surface area contributed by atoms with Gasteiger partial charge < -0.3 is 5.32 Å². The highest BCUT2D eigenvalue weighted by atomic mass is 15.3. The molecule has 2 rings (SSSR count).